The molecule has 0 saturated carbocycles. The quantitative estimate of drug-likeness (QED) is 0.903. The molecule has 2 aromatic rings. The van der Waals surface area contributed by atoms with E-state index in [2.05, 4.69) is 33.0 Å². The van der Waals surface area contributed by atoms with Gasteiger partial charge in [0.25, 0.3) is 0 Å². The number of hydrogen-bond acceptors (Lipinski definition) is 4. The summed E-state index contributed by atoms with van der Waals surface area (Å²) in [7, 11) is 0. The second-order valence-electron chi connectivity index (χ2n) is 4.66. The van der Waals surface area contributed by atoms with Gasteiger partial charge in [-0.1, -0.05) is 40.9 Å². The third-order valence-electron chi connectivity index (χ3n) is 3.06. The van der Waals surface area contributed by atoms with E-state index >= 15 is 0 Å². The smallest absolute Gasteiger partial charge is 0.243 e. The van der Waals surface area contributed by atoms with E-state index in [4.69, 9.17) is 10.3 Å². The lowest BCUT2D eigenvalue weighted by Gasteiger charge is -2.04. The van der Waals surface area contributed by atoms with E-state index < -0.39 is 0 Å². The van der Waals surface area contributed by atoms with Gasteiger partial charge in [0.05, 0.1) is 6.04 Å². The Kier molecular flexibility index (Phi) is 4.71. The van der Waals surface area contributed by atoms with Crippen LogP contribution in [0.2, 0.25) is 0 Å². The van der Waals surface area contributed by atoms with Crippen LogP contribution in [-0.4, -0.2) is 10.1 Å². The Balaban J connectivity index is 2.20. The van der Waals surface area contributed by atoms with Crippen LogP contribution in [0.4, 0.5) is 0 Å². The van der Waals surface area contributed by atoms with Crippen molar-refractivity contribution in [3.63, 3.8) is 0 Å². The van der Waals surface area contributed by atoms with Crippen molar-refractivity contribution >= 4 is 15.9 Å². The van der Waals surface area contributed by atoms with E-state index in [-0.39, 0.29) is 6.04 Å². The zero-order valence-electron chi connectivity index (χ0n) is 11.2. The minimum Gasteiger partial charge on any atom is -0.337 e. The second kappa shape index (κ2) is 6.30. The molecule has 4 nitrogen and oxygen atoms in total. The van der Waals surface area contributed by atoms with Crippen LogP contribution in [0.1, 0.15) is 43.7 Å². The molecule has 5 heteroatoms. The average molecular weight is 324 g/mol. The Hall–Kier alpha value is -1.20. The highest BCUT2D eigenvalue weighted by Crippen LogP contribution is 2.25. The highest BCUT2D eigenvalue weighted by molar-refractivity contribution is 9.10. The van der Waals surface area contributed by atoms with Crippen LogP contribution >= 0.6 is 15.9 Å². The van der Waals surface area contributed by atoms with Crippen molar-refractivity contribution in [2.24, 2.45) is 5.73 Å². The summed E-state index contributed by atoms with van der Waals surface area (Å²) in [6.07, 6.45) is 3.05. The normalized spacial score (nSPS) is 12.6. The van der Waals surface area contributed by atoms with E-state index in [9.17, 15) is 0 Å². The van der Waals surface area contributed by atoms with Crippen LogP contribution in [0, 0.1) is 6.92 Å². The number of hydrogen-bond donors (Lipinski definition) is 1. The number of benzene rings is 1. The summed E-state index contributed by atoms with van der Waals surface area (Å²) < 4.78 is 6.30. The molecule has 2 rings (SSSR count). The number of unbranched alkanes of at least 4 members (excludes halogenated alkanes) is 1. The molecular formula is C14H18BrN3O. The van der Waals surface area contributed by atoms with E-state index in [0.717, 1.165) is 34.9 Å². The average Bonchev–Trinajstić information content (AvgIpc) is 2.85. The molecule has 19 heavy (non-hydrogen) atoms. The van der Waals surface area contributed by atoms with Crippen LogP contribution < -0.4 is 5.73 Å². The molecule has 0 unspecified atom stereocenters. The van der Waals surface area contributed by atoms with Gasteiger partial charge in [-0.25, -0.2) is 0 Å². The van der Waals surface area contributed by atoms with E-state index in [1.54, 1.807) is 0 Å². The summed E-state index contributed by atoms with van der Waals surface area (Å²) in [6.45, 7) is 4.16. The molecule has 1 aromatic heterocycles. The zero-order valence-corrected chi connectivity index (χ0v) is 12.8. The number of nitrogens with zero attached hydrogens (tertiary/aromatic N) is 2. The summed E-state index contributed by atoms with van der Waals surface area (Å²) in [5.74, 6) is 1.12. The summed E-state index contributed by atoms with van der Waals surface area (Å²) in [4.78, 5) is 4.41. The number of aryl methyl sites for hydroxylation is 1. The largest absolute Gasteiger partial charge is 0.337 e. The first-order valence-electron chi connectivity index (χ1n) is 6.47. The van der Waals surface area contributed by atoms with Crippen LogP contribution in [-0.2, 0) is 0 Å². The molecule has 0 bridgehead atoms. The molecule has 0 amide bonds. The summed E-state index contributed by atoms with van der Waals surface area (Å²) in [6, 6.07) is 5.81. The lowest BCUT2D eigenvalue weighted by molar-refractivity contribution is 0.346. The third-order valence-corrected chi connectivity index (χ3v) is 3.55. The van der Waals surface area contributed by atoms with E-state index in [1.165, 1.54) is 0 Å². The van der Waals surface area contributed by atoms with Gasteiger partial charge in [0, 0.05) is 10.0 Å². The fourth-order valence-electron chi connectivity index (χ4n) is 1.92. The minimum absolute atomic E-state index is 0.169. The lowest BCUT2D eigenvalue weighted by atomic mass is 10.1. The zero-order chi connectivity index (χ0) is 13.8. The molecule has 0 aliphatic heterocycles. The molecule has 1 heterocycles. The first-order chi connectivity index (χ1) is 9.11. The topological polar surface area (TPSA) is 64.9 Å². The molecule has 0 aliphatic rings. The Morgan fingerprint density at radius 1 is 1.42 bits per heavy atom. The van der Waals surface area contributed by atoms with Crippen molar-refractivity contribution < 1.29 is 4.52 Å². The van der Waals surface area contributed by atoms with Crippen molar-refractivity contribution in [3.8, 4) is 11.4 Å². The SMILES string of the molecule is CCCC[C@H](N)c1nc(-c2ccc(Br)cc2C)no1. The number of rotatable bonds is 5. The van der Waals surface area contributed by atoms with E-state index in [0.29, 0.717) is 11.7 Å². The fourth-order valence-corrected chi connectivity index (χ4v) is 2.40. The monoisotopic (exact) mass is 323 g/mol. The minimum atomic E-state index is -0.169. The van der Waals surface area contributed by atoms with Gasteiger partial charge in [0.15, 0.2) is 0 Å². The highest BCUT2D eigenvalue weighted by atomic mass is 79.9. The van der Waals surface area contributed by atoms with Gasteiger partial charge in [-0.15, -0.1) is 0 Å². The van der Waals surface area contributed by atoms with Crippen LogP contribution in [0.15, 0.2) is 27.2 Å². The Morgan fingerprint density at radius 2 is 2.21 bits per heavy atom. The molecule has 102 valence electrons. The van der Waals surface area contributed by atoms with Crippen LogP contribution in [0.25, 0.3) is 11.4 Å². The molecule has 1 aromatic carbocycles. The molecule has 0 radical (unpaired) electrons. The van der Waals surface area contributed by atoms with Gasteiger partial charge in [-0.2, -0.15) is 4.98 Å². The van der Waals surface area contributed by atoms with Crippen LogP contribution in [0.3, 0.4) is 0 Å². The maximum absolute atomic E-state index is 6.03. The molecule has 0 spiro atoms. The van der Waals surface area contributed by atoms with Crippen molar-refractivity contribution in [1.29, 1.82) is 0 Å². The maximum Gasteiger partial charge on any atom is 0.243 e. The lowest BCUT2D eigenvalue weighted by Crippen LogP contribution is -2.10. The Morgan fingerprint density at radius 3 is 2.89 bits per heavy atom. The molecule has 2 N–H and O–H groups in total. The van der Waals surface area contributed by atoms with E-state index in [1.807, 2.05) is 25.1 Å². The predicted molar refractivity (Wildman–Crippen MR) is 78.6 cm³/mol. The Bertz CT molecular complexity index is 553. The molecule has 0 saturated heterocycles. The van der Waals surface area contributed by atoms with Crippen molar-refractivity contribution in [3.05, 3.63) is 34.1 Å². The second-order valence-corrected chi connectivity index (χ2v) is 5.58. The predicted octanol–water partition coefficient (Wildman–Crippen LogP) is 4.00. The maximum atomic E-state index is 6.03. The van der Waals surface area contributed by atoms with Crippen molar-refractivity contribution in [2.75, 3.05) is 0 Å². The molecule has 0 fully saturated rings. The van der Waals surface area contributed by atoms with Crippen LogP contribution in [0.5, 0.6) is 0 Å². The van der Waals surface area contributed by atoms with Crippen molar-refractivity contribution in [1.82, 2.24) is 10.1 Å². The standard InChI is InChI=1S/C14H18BrN3O/c1-3-4-5-12(16)14-17-13(18-19-14)11-7-6-10(15)8-9(11)2/h6-8,12H,3-5,16H2,1-2H3/t12-/m0/s1. The molecular weight excluding hydrogens is 306 g/mol. The van der Waals surface area contributed by atoms with Crippen molar-refractivity contribution in [2.45, 2.75) is 39.2 Å². The summed E-state index contributed by atoms with van der Waals surface area (Å²) in [5.41, 5.74) is 8.10. The van der Waals surface area contributed by atoms with Gasteiger partial charge >= 0.3 is 0 Å². The highest BCUT2D eigenvalue weighted by Gasteiger charge is 2.16. The fraction of sp³-hybridized carbons (Fsp3) is 0.429. The summed E-state index contributed by atoms with van der Waals surface area (Å²) in [5, 5.41) is 4.02. The summed E-state index contributed by atoms with van der Waals surface area (Å²) >= 11 is 3.44. The number of aromatic nitrogens is 2. The van der Waals surface area contributed by atoms with Gasteiger partial charge in [0.1, 0.15) is 0 Å². The van der Waals surface area contributed by atoms with Gasteiger partial charge in [-0.05, 0) is 37.1 Å². The molecule has 0 aliphatic carbocycles. The van der Waals surface area contributed by atoms with Gasteiger partial charge < -0.3 is 10.3 Å². The first kappa shape index (κ1) is 14.2. The number of nitrogens with two attached hydrogens (primary N) is 1. The number of halogens is 1. The first-order valence-corrected chi connectivity index (χ1v) is 7.26. The van der Waals surface area contributed by atoms with Gasteiger partial charge in [0.2, 0.25) is 11.7 Å². The Labute approximate surface area is 121 Å². The third kappa shape index (κ3) is 3.42. The molecule has 1 atom stereocenters. The van der Waals surface area contributed by atoms with Gasteiger partial charge in [-0.3, -0.25) is 0 Å².